The predicted octanol–water partition coefficient (Wildman–Crippen LogP) is 2.68. The van der Waals surface area contributed by atoms with Crippen molar-refractivity contribution in [2.75, 3.05) is 4.90 Å². The molecule has 2 amide bonds. The molecule has 0 bridgehead atoms. The van der Waals surface area contributed by atoms with Crippen LogP contribution in [0.1, 0.15) is 31.0 Å². The lowest BCUT2D eigenvalue weighted by molar-refractivity contribution is -0.127. The summed E-state index contributed by atoms with van der Waals surface area (Å²) >= 11 is 6.14. The molecular weight excluding hydrogens is 340 g/mol. The number of hydrogen-bond donors (Lipinski definition) is 1. The van der Waals surface area contributed by atoms with Crippen LogP contribution in [0.5, 0.6) is 0 Å². The molecule has 132 valence electrons. The molecule has 2 heterocycles. The lowest BCUT2D eigenvalue weighted by Gasteiger charge is -2.33. The zero-order chi connectivity index (χ0) is 18.0. The first-order valence-corrected chi connectivity index (χ1v) is 8.76. The van der Waals surface area contributed by atoms with E-state index in [0.29, 0.717) is 36.8 Å². The first-order valence-electron chi connectivity index (χ1n) is 8.39. The smallest absolute Gasteiger partial charge is 0.243 e. The zero-order valence-electron chi connectivity index (χ0n) is 14.3. The molecule has 1 aromatic heterocycles. The predicted molar refractivity (Wildman–Crippen MR) is 96.4 cm³/mol. The monoisotopic (exact) mass is 360 g/mol. The third kappa shape index (κ3) is 3.54. The van der Waals surface area contributed by atoms with E-state index in [-0.39, 0.29) is 11.8 Å². The fraction of sp³-hybridized carbons (Fsp3) is 0.389. The van der Waals surface area contributed by atoms with E-state index in [9.17, 15) is 9.59 Å². The molecule has 1 N–H and O–H groups in total. The van der Waals surface area contributed by atoms with Crippen molar-refractivity contribution in [3.8, 4) is 0 Å². The molecule has 0 saturated carbocycles. The molecule has 3 rings (SSSR count). The van der Waals surface area contributed by atoms with E-state index in [0.717, 1.165) is 11.3 Å². The highest BCUT2D eigenvalue weighted by atomic mass is 35.5. The molecule has 2 aromatic rings. The largest absolute Gasteiger partial charge is 0.350 e. The normalized spacial score (nSPS) is 15.0. The van der Waals surface area contributed by atoms with Crippen LogP contribution in [-0.2, 0) is 22.7 Å². The van der Waals surface area contributed by atoms with Crippen molar-refractivity contribution in [1.29, 1.82) is 0 Å². The van der Waals surface area contributed by atoms with E-state index < -0.39 is 6.04 Å². The van der Waals surface area contributed by atoms with Gasteiger partial charge in [-0.2, -0.15) is 5.10 Å². The molecule has 0 saturated heterocycles. The molecule has 1 aromatic carbocycles. The maximum absolute atomic E-state index is 12.7. The Bertz CT molecular complexity index is 802. The van der Waals surface area contributed by atoms with E-state index >= 15 is 0 Å². The van der Waals surface area contributed by atoms with Crippen LogP contribution in [0, 0.1) is 6.92 Å². The molecule has 6 nitrogen and oxygen atoms in total. The van der Waals surface area contributed by atoms with E-state index in [1.165, 1.54) is 0 Å². The van der Waals surface area contributed by atoms with Gasteiger partial charge in [-0.3, -0.25) is 14.5 Å². The molecule has 1 aliphatic heterocycles. The SMILES string of the molecule is CC[C@H](C(=O)NCc1ccccc1Cl)N1C(=O)CCn2nc(C)cc21. The highest BCUT2D eigenvalue weighted by molar-refractivity contribution is 6.31. The summed E-state index contributed by atoms with van der Waals surface area (Å²) in [5.74, 6) is 0.448. The number of carbonyl (C=O) groups excluding carboxylic acids is 2. The summed E-state index contributed by atoms with van der Waals surface area (Å²) in [6.45, 7) is 4.66. The summed E-state index contributed by atoms with van der Waals surface area (Å²) in [6, 6.07) is 8.66. The van der Waals surface area contributed by atoms with E-state index in [4.69, 9.17) is 11.6 Å². The molecule has 1 aliphatic rings. The van der Waals surface area contributed by atoms with Crippen LogP contribution in [0.15, 0.2) is 30.3 Å². The summed E-state index contributed by atoms with van der Waals surface area (Å²) in [6.07, 6.45) is 0.868. The number of aryl methyl sites for hydroxylation is 2. The second kappa shape index (κ2) is 7.27. The Morgan fingerprint density at radius 1 is 1.40 bits per heavy atom. The van der Waals surface area contributed by atoms with Crippen molar-refractivity contribution in [2.24, 2.45) is 0 Å². The van der Waals surface area contributed by atoms with Gasteiger partial charge in [0.05, 0.1) is 12.2 Å². The van der Waals surface area contributed by atoms with Gasteiger partial charge >= 0.3 is 0 Å². The number of fused-ring (bicyclic) bond motifs is 1. The quantitative estimate of drug-likeness (QED) is 0.891. The summed E-state index contributed by atoms with van der Waals surface area (Å²) in [5, 5.41) is 7.90. The average molecular weight is 361 g/mol. The van der Waals surface area contributed by atoms with E-state index in [1.54, 1.807) is 15.6 Å². The van der Waals surface area contributed by atoms with Crippen molar-refractivity contribution in [1.82, 2.24) is 15.1 Å². The van der Waals surface area contributed by atoms with Crippen LogP contribution < -0.4 is 10.2 Å². The van der Waals surface area contributed by atoms with Gasteiger partial charge < -0.3 is 5.32 Å². The standard InChI is InChI=1S/C18H21ClN4O2/c1-3-15(18(25)20-11-13-6-4-5-7-14(13)19)23-16-10-12(2)21-22(16)9-8-17(23)24/h4-7,10,15H,3,8-9,11H2,1-2H3,(H,20,25)/t15-/m1/s1. The molecule has 0 spiro atoms. The van der Waals surface area contributed by atoms with Crippen molar-refractivity contribution >= 4 is 29.2 Å². The Balaban J connectivity index is 1.78. The average Bonchev–Trinajstić information content (AvgIpc) is 2.97. The lowest BCUT2D eigenvalue weighted by Crippen LogP contribution is -2.52. The van der Waals surface area contributed by atoms with Crippen LogP contribution >= 0.6 is 11.6 Å². The minimum atomic E-state index is -0.565. The van der Waals surface area contributed by atoms with Gasteiger partial charge in [0.25, 0.3) is 0 Å². The molecule has 0 unspecified atom stereocenters. The molecule has 25 heavy (non-hydrogen) atoms. The third-order valence-corrected chi connectivity index (χ3v) is 4.71. The van der Waals surface area contributed by atoms with Gasteiger partial charge in [-0.25, -0.2) is 4.68 Å². The Hall–Kier alpha value is -2.34. The van der Waals surface area contributed by atoms with Crippen molar-refractivity contribution in [3.05, 3.63) is 46.6 Å². The van der Waals surface area contributed by atoms with Crippen LogP contribution in [-0.4, -0.2) is 27.6 Å². The van der Waals surface area contributed by atoms with Gasteiger partial charge in [0.2, 0.25) is 11.8 Å². The molecule has 0 radical (unpaired) electrons. The van der Waals surface area contributed by atoms with Crippen LogP contribution in [0.4, 0.5) is 5.82 Å². The van der Waals surface area contributed by atoms with E-state index in [1.807, 2.05) is 38.1 Å². The Labute approximate surface area is 151 Å². The number of amides is 2. The minimum Gasteiger partial charge on any atom is -0.350 e. The van der Waals surface area contributed by atoms with Gasteiger partial charge in [-0.1, -0.05) is 36.7 Å². The second-order valence-corrected chi connectivity index (χ2v) is 6.52. The van der Waals surface area contributed by atoms with Crippen LogP contribution in [0.25, 0.3) is 0 Å². The number of halogens is 1. The number of anilines is 1. The van der Waals surface area contributed by atoms with Gasteiger partial charge in [0.15, 0.2) is 0 Å². The fourth-order valence-electron chi connectivity index (χ4n) is 3.10. The Morgan fingerprint density at radius 2 is 2.16 bits per heavy atom. The molecular formula is C18H21ClN4O2. The lowest BCUT2D eigenvalue weighted by atomic mass is 10.1. The fourth-order valence-corrected chi connectivity index (χ4v) is 3.30. The van der Waals surface area contributed by atoms with Gasteiger partial charge in [-0.05, 0) is 25.0 Å². The van der Waals surface area contributed by atoms with Gasteiger partial charge in [0, 0.05) is 24.1 Å². The summed E-state index contributed by atoms with van der Waals surface area (Å²) < 4.78 is 1.79. The first kappa shape index (κ1) is 17.5. The zero-order valence-corrected chi connectivity index (χ0v) is 15.1. The van der Waals surface area contributed by atoms with Gasteiger partial charge in [0.1, 0.15) is 11.9 Å². The third-order valence-electron chi connectivity index (χ3n) is 4.35. The number of benzene rings is 1. The van der Waals surface area contributed by atoms with Gasteiger partial charge in [-0.15, -0.1) is 0 Å². The maximum Gasteiger partial charge on any atom is 0.243 e. The number of hydrogen-bond acceptors (Lipinski definition) is 3. The highest BCUT2D eigenvalue weighted by Crippen LogP contribution is 2.26. The second-order valence-electron chi connectivity index (χ2n) is 6.11. The Morgan fingerprint density at radius 3 is 2.88 bits per heavy atom. The van der Waals surface area contributed by atoms with Crippen molar-refractivity contribution in [2.45, 2.75) is 45.8 Å². The van der Waals surface area contributed by atoms with Crippen molar-refractivity contribution in [3.63, 3.8) is 0 Å². The maximum atomic E-state index is 12.7. The summed E-state index contributed by atoms with van der Waals surface area (Å²) in [7, 11) is 0. The number of nitrogens with one attached hydrogen (secondary N) is 1. The summed E-state index contributed by atoms with van der Waals surface area (Å²) in [5.41, 5.74) is 1.68. The molecule has 0 fully saturated rings. The summed E-state index contributed by atoms with van der Waals surface area (Å²) in [4.78, 5) is 26.8. The molecule has 7 heteroatoms. The number of rotatable bonds is 5. The van der Waals surface area contributed by atoms with Crippen molar-refractivity contribution < 1.29 is 9.59 Å². The van der Waals surface area contributed by atoms with Crippen LogP contribution in [0.2, 0.25) is 5.02 Å². The highest BCUT2D eigenvalue weighted by Gasteiger charge is 2.34. The number of aromatic nitrogens is 2. The topological polar surface area (TPSA) is 67.2 Å². The minimum absolute atomic E-state index is 0.0489. The number of nitrogens with zero attached hydrogens (tertiary/aromatic N) is 3. The first-order chi connectivity index (χ1) is 12.0. The number of carbonyl (C=O) groups is 2. The molecule has 1 atom stereocenters. The van der Waals surface area contributed by atoms with Crippen LogP contribution in [0.3, 0.4) is 0 Å². The van der Waals surface area contributed by atoms with E-state index in [2.05, 4.69) is 10.4 Å². The molecule has 0 aliphatic carbocycles. The Kier molecular flexibility index (Phi) is 5.08.